The molecule has 0 bridgehead atoms. The highest BCUT2D eigenvalue weighted by molar-refractivity contribution is 9.10. The van der Waals surface area contributed by atoms with Crippen LogP contribution >= 0.6 is 15.9 Å². The maximum atomic E-state index is 5.90. The van der Waals surface area contributed by atoms with E-state index < -0.39 is 0 Å². The van der Waals surface area contributed by atoms with Crippen molar-refractivity contribution in [1.29, 1.82) is 0 Å². The molecule has 19 heavy (non-hydrogen) atoms. The molecule has 0 N–H and O–H groups in total. The highest BCUT2D eigenvalue weighted by atomic mass is 79.9. The summed E-state index contributed by atoms with van der Waals surface area (Å²) in [5, 5.41) is 0. The normalized spacial score (nSPS) is 12.4. The average Bonchev–Trinajstić information content (AvgIpc) is 2.43. The van der Waals surface area contributed by atoms with Crippen LogP contribution in [0.3, 0.4) is 0 Å². The van der Waals surface area contributed by atoms with E-state index in [1.807, 2.05) is 18.2 Å². The Balaban J connectivity index is 2.34. The van der Waals surface area contributed by atoms with Crippen molar-refractivity contribution >= 4 is 15.9 Å². The second-order valence-corrected chi connectivity index (χ2v) is 5.78. The molecular weight excluding hydrogens is 304 g/mol. The summed E-state index contributed by atoms with van der Waals surface area (Å²) in [6, 6.07) is 5.97. The molecule has 2 nitrogen and oxygen atoms in total. The zero-order chi connectivity index (χ0) is 14.1. The Morgan fingerprint density at radius 2 is 2.00 bits per heavy atom. The summed E-state index contributed by atoms with van der Waals surface area (Å²) in [7, 11) is 1.68. The van der Waals surface area contributed by atoms with Crippen LogP contribution in [0, 0.1) is 0 Å². The first kappa shape index (κ1) is 16.5. The Morgan fingerprint density at radius 3 is 2.68 bits per heavy atom. The summed E-state index contributed by atoms with van der Waals surface area (Å²) in [5.74, 6) is 0.873. The predicted octanol–water partition coefficient (Wildman–Crippen LogP) is 5.33. The van der Waals surface area contributed by atoms with Crippen LogP contribution in [0.15, 0.2) is 22.7 Å². The zero-order valence-corrected chi connectivity index (χ0v) is 13.8. The number of hydrogen-bond acceptors (Lipinski definition) is 2. The number of methoxy groups -OCH3 is 1. The van der Waals surface area contributed by atoms with E-state index in [-0.39, 0.29) is 0 Å². The Labute approximate surface area is 125 Å². The van der Waals surface area contributed by atoms with Crippen molar-refractivity contribution < 1.29 is 9.47 Å². The molecule has 0 fully saturated rings. The Hall–Kier alpha value is -0.540. The predicted molar refractivity (Wildman–Crippen MR) is 83.7 cm³/mol. The molecule has 108 valence electrons. The summed E-state index contributed by atoms with van der Waals surface area (Å²) >= 11 is 3.55. The number of benzene rings is 1. The number of unbranched alkanes of at least 4 members (excludes halogenated alkanes) is 3. The lowest BCUT2D eigenvalue weighted by Crippen LogP contribution is -2.08. The van der Waals surface area contributed by atoms with Crippen molar-refractivity contribution in [2.24, 2.45) is 0 Å². The van der Waals surface area contributed by atoms with Crippen LogP contribution in [0.25, 0.3) is 0 Å². The molecule has 1 aromatic carbocycles. The first-order valence-corrected chi connectivity index (χ1v) is 7.90. The summed E-state index contributed by atoms with van der Waals surface area (Å²) in [6.07, 6.45) is 6.64. The van der Waals surface area contributed by atoms with Gasteiger partial charge in [-0.25, -0.2) is 0 Å². The molecule has 3 heteroatoms. The highest BCUT2D eigenvalue weighted by Crippen LogP contribution is 2.23. The van der Waals surface area contributed by atoms with E-state index in [0.29, 0.717) is 12.7 Å². The van der Waals surface area contributed by atoms with E-state index in [1.54, 1.807) is 7.11 Å². The van der Waals surface area contributed by atoms with Crippen LogP contribution in [0.1, 0.15) is 51.5 Å². The van der Waals surface area contributed by atoms with Gasteiger partial charge in [0.05, 0.1) is 19.8 Å². The summed E-state index contributed by atoms with van der Waals surface area (Å²) in [5.41, 5.74) is 1.14. The third-order valence-electron chi connectivity index (χ3n) is 3.24. The molecule has 1 rings (SSSR count). The van der Waals surface area contributed by atoms with Crippen molar-refractivity contribution in [2.45, 2.75) is 58.7 Å². The summed E-state index contributed by atoms with van der Waals surface area (Å²) in [4.78, 5) is 0. The number of ether oxygens (including phenoxy) is 2. The summed E-state index contributed by atoms with van der Waals surface area (Å²) in [6.45, 7) is 5.02. The molecule has 0 amide bonds. The van der Waals surface area contributed by atoms with Gasteiger partial charge in [-0.15, -0.1) is 0 Å². The topological polar surface area (TPSA) is 18.5 Å². The Kier molecular flexibility index (Phi) is 8.15. The minimum atomic E-state index is 0.315. The van der Waals surface area contributed by atoms with Crippen molar-refractivity contribution in [1.82, 2.24) is 0 Å². The lowest BCUT2D eigenvalue weighted by molar-refractivity contribution is 0.0455. The molecule has 1 unspecified atom stereocenters. The molecule has 1 aromatic rings. The van der Waals surface area contributed by atoms with Gasteiger partial charge in [0.2, 0.25) is 0 Å². The smallest absolute Gasteiger partial charge is 0.119 e. The quantitative estimate of drug-likeness (QED) is 0.570. The molecule has 0 aliphatic heterocycles. The van der Waals surface area contributed by atoms with E-state index in [4.69, 9.17) is 9.47 Å². The van der Waals surface area contributed by atoms with E-state index in [9.17, 15) is 0 Å². The maximum Gasteiger partial charge on any atom is 0.119 e. The molecular formula is C16H25BrO2. The largest absolute Gasteiger partial charge is 0.497 e. The number of hydrogen-bond donors (Lipinski definition) is 0. The van der Waals surface area contributed by atoms with Gasteiger partial charge < -0.3 is 9.47 Å². The van der Waals surface area contributed by atoms with Gasteiger partial charge in [0.1, 0.15) is 5.75 Å². The van der Waals surface area contributed by atoms with Gasteiger partial charge in [-0.1, -0.05) is 48.5 Å². The van der Waals surface area contributed by atoms with Crippen LogP contribution in [-0.2, 0) is 11.3 Å². The number of halogens is 1. The van der Waals surface area contributed by atoms with E-state index in [0.717, 1.165) is 22.2 Å². The minimum absolute atomic E-state index is 0.315. The first-order chi connectivity index (χ1) is 9.17. The average molecular weight is 329 g/mol. The molecule has 0 aliphatic carbocycles. The Bertz CT molecular complexity index is 366. The van der Waals surface area contributed by atoms with E-state index >= 15 is 0 Å². The van der Waals surface area contributed by atoms with Gasteiger partial charge in [-0.05, 0) is 37.1 Å². The minimum Gasteiger partial charge on any atom is -0.497 e. The molecule has 0 saturated carbocycles. The maximum absolute atomic E-state index is 5.90. The lowest BCUT2D eigenvalue weighted by Gasteiger charge is -2.14. The van der Waals surface area contributed by atoms with Crippen LogP contribution < -0.4 is 4.74 Å². The highest BCUT2D eigenvalue weighted by Gasteiger charge is 2.06. The van der Waals surface area contributed by atoms with Crippen molar-refractivity contribution in [3.63, 3.8) is 0 Å². The lowest BCUT2D eigenvalue weighted by atomic mass is 10.1. The van der Waals surface area contributed by atoms with E-state index in [1.165, 1.54) is 25.7 Å². The molecule has 0 saturated heterocycles. The van der Waals surface area contributed by atoms with Crippen molar-refractivity contribution in [3.05, 3.63) is 28.2 Å². The second-order valence-electron chi connectivity index (χ2n) is 4.93. The molecule has 0 aromatic heterocycles. The van der Waals surface area contributed by atoms with Gasteiger partial charge in [-0.2, -0.15) is 0 Å². The monoisotopic (exact) mass is 328 g/mol. The van der Waals surface area contributed by atoms with Crippen LogP contribution in [-0.4, -0.2) is 13.2 Å². The van der Waals surface area contributed by atoms with Gasteiger partial charge in [-0.3, -0.25) is 0 Å². The molecule has 0 radical (unpaired) electrons. The molecule has 0 spiro atoms. The molecule has 0 aliphatic rings. The van der Waals surface area contributed by atoms with Crippen LogP contribution in [0.4, 0.5) is 0 Å². The first-order valence-electron chi connectivity index (χ1n) is 7.11. The van der Waals surface area contributed by atoms with E-state index in [2.05, 4.69) is 29.8 Å². The van der Waals surface area contributed by atoms with Gasteiger partial charge in [0.15, 0.2) is 0 Å². The van der Waals surface area contributed by atoms with Gasteiger partial charge >= 0.3 is 0 Å². The van der Waals surface area contributed by atoms with Crippen LogP contribution in [0.5, 0.6) is 5.75 Å². The molecule has 0 heterocycles. The van der Waals surface area contributed by atoms with Crippen LogP contribution in [0.2, 0.25) is 0 Å². The third-order valence-corrected chi connectivity index (χ3v) is 4.01. The second kappa shape index (κ2) is 9.38. The number of rotatable bonds is 9. The SMILES string of the molecule is CCCCCCC(C)OCc1cc(OC)ccc1Br. The fourth-order valence-corrected chi connectivity index (χ4v) is 2.32. The third kappa shape index (κ3) is 6.44. The van der Waals surface area contributed by atoms with Crippen molar-refractivity contribution in [3.8, 4) is 5.75 Å². The molecule has 1 atom stereocenters. The summed E-state index contributed by atoms with van der Waals surface area (Å²) < 4.78 is 12.2. The zero-order valence-electron chi connectivity index (χ0n) is 12.2. The Morgan fingerprint density at radius 1 is 1.21 bits per heavy atom. The van der Waals surface area contributed by atoms with Gasteiger partial charge in [0, 0.05) is 4.47 Å². The fourth-order valence-electron chi connectivity index (χ4n) is 1.96. The van der Waals surface area contributed by atoms with Gasteiger partial charge in [0.25, 0.3) is 0 Å². The standard InChI is InChI=1S/C16H25BrO2/c1-4-5-6-7-8-13(2)19-12-14-11-15(18-3)9-10-16(14)17/h9-11,13H,4-8,12H2,1-3H3. The fraction of sp³-hybridized carbons (Fsp3) is 0.625. The van der Waals surface area contributed by atoms with Crippen molar-refractivity contribution in [2.75, 3.05) is 7.11 Å².